The molecule has 1 aliphatic carbocycles. The second-order valence-corrected chi connectivity index (χ2v) is 7.17. The number of carbonyl (C=O) groups excluding carboxylic acids is 1. The summed E-state index contributed by atoms with van der Waals surface area (Å²) in [5, 5.41) is 19.2. The third kappa shape index (κ3) is 3.18. The highest BCUT2D eigenvalue weighted by Crippen LogP contribution is 2.38. The predicted molar refractivity (Wildman–Crippen MR) is 92.0 cm³/mol. The predicted octanol–water partition coefficient (Wildman–Crippen LogP) is 1.50. The third-order valence-corrected chi connectivity index (χ3v) is 5.22. The minimum absolute atomic E-state index is 0.0351. The van der Waals surface area contributed by atoms with E-state index in [0.717, 1.165) is 30.3 Å². The van der Waals surface area contributed by atoms with Gasteiger partial charge in [-0.2, -0.15) is 5.10 Å². The Morgan fingerprint density at radius 3 is 2.88 bits per heavy atom. The van der Waals surface area contributed by atoms with Crippen LogP contribution in [0, 0.1) is 0 Å². The molecule has 2 aliphatic rings. The molecule has 134 valence electrons. The van der Waals surface area contributed by atoms with Crippen molar-refractivity contribution < 1.29 is 4.79 Å². The lowest BCUT2D eigenvalue weighted by Crippen LogP contribution is -2.31. The summed E-state index contributed by atoms with van der Waals surface area (Å²) in [5.74, 6) is 2.36. The number of aromatic nitrogens is 5. The Balaban J connectivity index is 1.48. The first kappa shape index (κ1) is 16.3. The van der Waals surface area contributed by atoms with Crippen LogP contribution < -0.4 is 5.32 Å². The Morgan fingerprint density at radius 1 is 1.32 bits per heavy atom. The van der Waals surface area contributed by atoms with E-state index in [9.17, 15) is 4.79 Å². The fraction of sp³-hybridized carbons (Fsp3) is 0.647. The number of piperidine rings is 1. The maximum absolute atomic E-state index is 12.9. The van der Waals surface area contributed by atoms with Crippen LogP contribution in [0.4, 0.5) is 0 Å². The lowest BCUT2D eigenvalue weighted by Gasteiger charge is -2.24. The van der Waals surface area contributed by atoms with E-state index in [0.29, 0.717) is 18.0 Å². The number of carbonyl (C=O) groups is 1. The van der Waals surface area contributed by atoms with Gasteiger partial charge in [-0.15, -0.1) is 10.2 Å². The number of nitrogens with zero attached hydrogens (tertiary/aromatic N) is 5. The minimum atomic E-state index is -0.0351. The Kier molecular flexibility index (Phi) is 4.29. The molecule has 2 N–H and O–H groups in total. The van der Waals surface area contributed by atoms with Gasteiger partial charge in [0, 0.05) is 26.1 Å². The van der Waals surface area contributed by atoms with Gasteiger partial charge < -0.3 is 14.8 Å². The van der Waals surface area contributed by atoms with E-state index in [1.807, 2.05) is 11.6 Å². The van der Waals surface area contributed by atoms with E-state index >= 15 is 0 Å². The molecule has 3 heterocycles. The van der Waals surface area contributed by atoms with Gasteiger partial charge in [0.25, 0.3) is 5.91 Å². The van der Waals surface area contributed by atoms with Crippen LogP contribution in [0.25, 0.3) is 0 Å². The molecule has 1 unspecified atom stereocenters. The molecular weight excluding hydrogens is 318 g/mol. The van der Waals surface area contributed by atoms with Gasteiger partial charge in [0.15, 0.2) is 5.82 Å². The van der Waals surface area contributed by atoms with Crippen molar-refractivity contribution in [3.63, 3.8) is 0 Å². The van der Waals surface area contributed by atoms with Crippen molar-refractivity contribution in [3.05, 3.63) is 29.1 Å². The normalized spacial score (nSPS) is 20.6. The number of aromatic amines is 1. The molecule has 1 amide bonds. The Morgan fingerprint density at radius 2 is 2.16 bits per heavy atom. The van der Waals surface area contributed by atoms with Gasteiger partial charge in [-0.25, -0.2) is 0 Å². The van der Waals surface area contributed by atoms with Gasteiger partial charge in [0.2, 0.25) is 0 Å². The largest absolute Gasteiger partial charge is 0.334 e. The maximum atomic E-state index is 12.9. The van der Waals surface area contributed by atoms with Gasteiger partial charge in [0.05, 0.1) is 24.0 Å². The molecule has 0 radical (unpaired) electrons. The van der Waals surface area contributed by atoms with E-state index in [2.05, 4.69) is 25.7 Å². The van der Waals surface area contributed by atoms with Crippen molar-refractivity contribution in [2.24, 2.45) is 7.05 Å². The monoisotopic (exact) mass is 343 g/mol. The molecule has 1 aliphatic heterocycles. The van der Waals surface area contributed by atoms with Crippen molar-refractivity contribution in [2.75, 3.05) is 13.6 Å². The fourth-order valence-electron chi connectivity index (χ4n) is 3.53. The standard InChI is InChI=1S/C17H25N7O/c1-23(10-14-20-22-16(24(14)2)11-6-7-11)17(25)12-9-19-21-15(12)13-5-3-4-8-18-13/h9,11,13,18H,3-8,10H2,1-2H3,(H,19,21). The average molecular weight is 343 g/mol. The van der Waals surface area contributed by atoms with Crippen molar-refractivity contribution in [2.45, 2.75) is 50.6 Å². The molecule has 1 saturated heterocycles. The number of hydrogen-bond acceptors (Lipinski definition) is 5. The number of hydrogen-bond donors (Lipinski definition) is 2. The first-order valence-corrected chi connectivity index (χ1v) is 9.05. The molecule has 1 atom stereocenters. The van der Waals surface area contributed by atoms with Crippen LogP contribution in [0.5, 0.6) is 0 Å². The molecule has 0 aromatic carbocycles. The van der Waals surface area contributed by atoms with Crippen LogP contribution in [0.3, 0.4) is 0 Å². The first-order valence-electron chi connectivity index (χ1n) is 9.05. The third-order valence-electron chi connectivity index (χ3n) is 5.22. The van der Waals surface area contributed by atoms with Gasteiger partial charge in [-0.1, -0.05) is 6.42 Å². The van der Waals surface area contributed by atoms with Crippen LogP contribution in [0.15, 0.2) is 6.20 Å². The molecule has 2 aromatic rings. The molecule has 8 nitrogen and oxygen atoms in total. The zero-order chi connectivity index (χ0) is 17.4. The summed E-state index contributed by atoms with van der Waals surface area (Å²) < 4.78 is 2.03. The highest BCUT2D eigenvalue weighted by molar-refractivity contribution is 5.95. The molecule has 25 heavy (non-hydrogen) atoms. The Hall–Kier alpha value is -2.22. The van der Waals surface area contributed by atoms with Crippen LogP contribution in [0.1, 0.15) is 71.8 Å². The molecule has 4 rings (SSSR count). The Bertz CT molecular complexity index is 755. The van der Waals surface area contributed by atoms with Crippen LogP contribution in [-0.2, 0) is 13.6 Å². The maximum Gasteiger partial charge on any atom is 0.257 e. The second kappa shape index (κ2) is 6.59. The summed E-state index contributed by atoms with van der Waals surface area (Å²) >= 11 is 0. The quantitative estimate of drug-likeness (QED) is 0.858. The minimum Gasteiger partial charge on any atom is -0.334 e. The summed E-state index contributed by atoms with van der Waals surface area (Å²) in [6.45, 7) is 1.42. The SMILES string of the molecule is CN(Cc1nnc(C2CC2)n1C)C(=O)c1cn[nH]c1C1CCCCN1. The van der Waals surface area contributed by atoms with Gasteiger partial charge in [-0.05, 0) is 32.2 Å². The van der Waals surface area contributed by atoms with Crippen molar-refractivity contribution in [3.8, 4) is 0 Å². The number of H-pyrrole nitrogens is 1. The topological polar surface area (TPSA) is 91.7 Å². The Labute approximate surface area is 147 Å². The lowest BCUT2D eigenvalue weighted by atomic mass is 9.99. The second-order valence-electron chi connectivity index (χ2n) is 7.17. The molecule has 2 fully saturated rings. The van der Waals surface area contributed by atoms with E-state index in [1.165, 1.54) is 25.7 Å². The van der Waals surface area contributed by atoms with Crippen LogP contribution >= 0.6 is 0 Å². The van der Waals surface area contributed by atoms with Gasteiger partial charge in [0.1, 0.15) is 5.82 Å². The van der Waals surface area contributed by atoms with E-state index in [4.69, 9.17) is 0 Å². The average Bonchev–Trinajstić information content (AvgIpc) is 3.24. The summed E-state index contributed by atoms with van der Waals surface area (Å²) in [5.41, 5.74) is 1.54. The highest BCUT2D eigenvalue weighted by Gasteiger charge is 2.30. The summed E-state index contributed by atoms with van der Waals surface area (Å²) in [6, 6.07) is 0.180. The van der Waals surface area contributed by atoms with Gasteiger partial charge >= 0.3 is 0 Å². The summed E-state index contributed by atoms with van der Waals surface area (Å²) in [6.07, 6.45) is 7.39. The summed E-state index contributed by atoms with van der Waals surface area (Å²) in [7, 11) is 3.79. The number of rotatable bonds is 5. The zero-order valence-corrected chi connectivity index (χ0v) is 14.8. The first-order chi connectivity index (χ1) is 12.1. The van der Waals surface area contributed by atoms with E-state index in [1.54, 1.807) is 18.1 Å². The molecule has 0 spiro atoms. The van der Waals surface area contributed by atoms with Crippen molar-refractivity contribution >= 4 is 5.91 Å². The van der Waals surface area contributed by atoms with Crippen LogP contribution in [-0.4, -0.2) is 49.4 Å². The molecule has 1 saturated carbocycles. The molecule has 8 heteroatoms. The number of amides is 1. The van der Waals surface area contributed by atoms with E-state index < -0.39 is 0 Å². The molecular formula is C17H25N7O. The lowest BCUT2D eigenvalue weighted by molar-refractivity contribution is 0.0778. The van der Waals surface area contributed by atoms with Crippen molar-refractivity contribution in [1.82, 2.24) is 35.2 Å². The smallest absolute Gasteiger partial charge is 0.257 e. The highest BCUT2D eigenvalue weighted by atomic mass is 16.2. The van der Waals surface area contributed by atoms with E-state index in [-0.39, 0.29) is 11.9 Å². The van der Waals surface area contributed by atoms with Crippen molar-refractivity contribution in [1.29, 1.82) is 0 Å². The summed E-state index contributed by atoms with van der Waals surface area (Å²) in [4.78, 5) is 14.6. The molecule has 0 bridgehead atoms. The molecule has 2 aromatic heterocycles. The zero-order valence-electron chi connectivity index (χ0n) is 14.8. The van der Waals surface area contributed by atoms with Crippen LogP contribution in [0.2, 0.25) is 0 Å². The number of nitrogens with one attached hydrogen (secondary N) is 2. The fourth-order valence-corrected chi connectivity index (χ4v) is 3.53. The van der Waals surface area contributed by atoms with Gasteiger partial charge in [-0.3, -0.25) is 9.89 Å².